The number of likely N-dealkylation sites (N-methyl/N-ethyl adjacent to an activating group) is 1. The average molecular weight is 889 g/mol. The lowest BCUT2D eigenvalue weighted by Gasteiger charge is -2.24. The first-order chi connectivity index (χ1) is 30.1. The summed E-state index contributed by atoms with van der Waals surface area (Å²) in [7, 11) is 1.63. The molecule has 0 aliphatic carbocycles. The third kappa shape index (κ3) is 48.7. The van der Waals surface area contributed by atoms with Gasteiger partial charge in [-0.15, -0.1) is 0 Å². The third-order valence-corrected chi connectivity index (χ3v) is 11.2. The van der Waals surface area contributed by atoms with Crippen LogP contribution in [-0.4, -0.2) is 75.6 Å². The summed E-state index contributed by atoms with van der Waals surface area (Å²) in [5.74, 6) is -0.330. The van der Waals surface area contributed by atoms with Gasteiger partial charge in [-0.2, -0.15) is 0 Å². The highest BCUT2D eigenvalue weighted by Crippen LogP contribution is 2.43. The molecule has 0 saturated heterocycles. The van der Waals surface area contributed by atoms with E-state index in [1.54, 1.807) is 0 Å². The second-order valence-corrected chi connectivity index (χ2v) is 18.9. The molecule has 0 amide bonds. The van der Waals surface area contributed by atoms with Crippen molar-refractivity contribution >= 4 is 13.8 Å². The fraction of sp³-hybridized carbons (Fsp3) is 0.717. The maximum atomic E-state index is 12.7. The van der Waals surface area contributed by atoms with E-state index in [1.165, 1.54) is 83.5 Å². The number of carbonyl (C=O) groups excluding carboxylic acids is 1. The van der Waals surface area contributed by atoms with Crippen molar-refractivity contribution in [2.24, 2.45) is 0 Å². The minimum atomic E-state index is -4.29. The van der Waals surface area contributed by atoms with Gasteiger partial charge in [0.05, 0.1) is 34.4 Å². The highest BCUT2D eigenvalue weighted by molar-refractivity contribution is 7.47. The van der Waals surface area contributed by atoms with E-state index >= 15 is 0 Å². The molecule has 2 atom stereocenters. The Balaban J connectivity index is 4.27. The van der Waals surface area contributed by atoms with Gasteiger partial charge in [-0.1, -0.05) is 195 Å². The predicted molar refractivity (Wildman–Crippen MR) is 265 cm³/mol. The summed E-state index contributed by atoms with van der Waals surface area (Å²) in [6, 6.07) is 0. The van der Waals surface area contributed by atoms with Gasteiger partial charge in [0, 0.05) is 13.0 Å². The number of quaternary nitrogens is 1. The molecule has 1 N–H and O–H groups in total. The Kier molecular flexibility index (Phi) is 43.6. The first kappa shape index (κ1) is 59.7. The summed E-state index contributed by atoms with van der Waals surface area (Å²) in [5, 5.41) is 0. The fourth-order valence-electron chi connectivity index (χ4n) is 6.41. The van der Waals surface area contributed by atoms with Gasteiger partial charge >= 0.3 is 13.8 Å². The predicted octanol–water partition coefficient (Wildman–Crippen LogP) is 15.2. The lowest BCUT2D eigenvalue weighted by Crippen LogP contribution is -2.37. The zero-order valence-electron chi connectivity index (χ0n) is 40.6. The number of ether oxygens (including phenoxy) is 2. The zero-order chi connectivity index (χ0) is 45.5. The van der Waals surface area contributed by atoms with Gasteiger partial charge < -0.3 is 18.9 Å². The highest BCUT2D eigenvalue weighted by atomic mass is 31.2. The minimum Gasteiger partial charge on any atom is -0.457 e. The molecule has 62 heavy (non-hydrogen) atoms. The molecule has 0 radical (unpaired) electrons. The first-order valence-corrected chi connectivity index (χ1v) is 26.3. The highest BCUT2D eigenvalue weighted by Gasteiger charge is 2.26. The summed E-state index contributed by atoms with van der Waals surface area (Å²) in [5.41, 5.74) is 0. The number of hydrogen-bond acceptors (Lipinski definition) is 6. The van der Waals surface area contributed by atoms with Crippen molar-refractivity contribution in [3.63, 3.8) is 0 Å². The number of phosphoric acid groups is 1. The molecule has 0 saturated carbocycles. The molecule has 0 aromatic heterocycles. The molecule has 0 heterocycles. The molecule has 0 aliphatic rings. The Bertz CT molecular complexity index is 1260. The topological polar surface area (TPSA) is 91.3 Å². The largest absolute Gasteiger partial charge is 0.472 e. The average Bonchev–Trinajstić information content (AvgIpc) is 3.23. The molecule has 8 nitrogen and oxygen atoms in total. The molecule has 358 valence electrons. The number of phosphoric ester groups is 1. The summed E-state index contributed by atoms with van der Waals surface area (Å²) < 4.78 is 35.0. The van der Waals surface area contributed by atoms with Crippen molar-refractivity contribution in [1.82, 2.24) is 0 Å². The van der Waals surface area contributed by atoms with Crippen LogP contribution in [0.1, 0.15) is 187 Å². The smallest absolute Gasteiger partial charge is 0.457 e. The van der Waals surface area contributed by atoms with Crippen molar-refractivity contribution in [1.29, 1.82) is 0 Å². The van der Waals surface area contributed by atoms with Crippen molar-refractivity contribution in [3.8, 4) is 0 Å². The third-order valence-electron chi connectivity index (χ3n) is 10.2. The molecule has 0 fully saturated rings. The van der Waals surface area contributed by atoms with Crippen LogP contribution in [0.2, 0.25) is 0 Å². The van der Waals surface area contributed by atoms with E-state index < -0.39 is 13.9 Å². The van der Waals surface area contributed by atoms with E-state index in [0.717, 1.165) is 83.5 Å². The van der Waals surface area contributed by atoms with Gasteiger partial charge in [-0.3, -0.25) is 13.8 Å². The van der Waals surface area contributed by atoms with Gasteiger partial charge in [0.1, 0.15) is 19.3 Å². The van der Waals surface area contributed by atoms with Crippen molar-refractivity contribution in [2.75, 3.05) is 54.1 Å². The standard InChI is InChI=1S/C53H94NO7P/c1-6-8-10-12-14-16-18-20-22-24-25-26-27-28-29-30-31-33-35-37-39-41-43-45-48-58-50-52(51-60-62(56,57)59-49-47-54(3,4)5)61-53(55)46-44-42-40-38-36-34-32-23-21-19-17-15-13-11-9-7-2/h8,10,14,16,20,22,25-26,28-29,31,33,37,39,52H,6-7,9,11-13,15,17-19,21,23-24,27,30,32,34-36,38,40-51H2,1-5H3/p+1/b10-8-,16-14-,22-20-,26-25-,29-28-,33-31-,39-37-. The SMILES string of the molecule is CC/C=C\C/C=C\C/C=C\C/C=C\C/C=C\C/C=C\C/C=C\CCCCOCC(COP(=O)(O)OCC[N+](C)(C)C)OC(=O)CCCCCCCCCCCCCCCCCC. The normalized spacial score (nSPS) is 14.4. The van der Waals surface area contributed by atoms with Gasteiger partial charge in [0.2, 0.25) is 0 Å². The molecule has 0 aromatic carbocycles. The molecule has 0 aromatic rings. The Morgan fingerprint density at radius 3 is 1.37 bits per heavy atom. The quantitative estimate of drug-likeness (QED) is 0.0214. The number of allylic oxidation sites excluding steroid dienone is 14. The van der Waals surface area contributed by atoms with E-state index in [9.17, 15) is 14.3 Å². The van der Waals surface area contributed by atoms with Gasteiger partial charge in [-0.05, 0) is 70.6 Å². The van der Waals surface area contributed by atoms with Crippen LogP contribution in [0.4, 0.5) is 0 Å². The van der Waals surface area contributed by atoms with Gasteiger partial charge in [0.25, 0.3) is 0 Å². The van der Waals surface area contributed by atoms with Gasteiger partial charge in [-0.25, -0.2) is 4.57 Å². The first-order valence-electron chi connectivity index (χ1n) is 24.8. The molecule has 0 rings (SSSR count). The van der Waals surface area contributed by atoms with E-state index in [1.807, 2.05) is 21.1 Å². The van der Waals surface area contributed by atoms with E-state index in [0.29, 0.717) is 24.1 Å². The van der Waals surface area contributed by atoms with Gasteiger partial charge in [0.15, 0.2) is 0 Å². The maximum absolute atomic E-state index is 12.7. The van der Waals surface area contributed by atoms with Crippen molar-refractivity contribution in [2.45, 2.75) is 193 Å². The number of hydrogen-bond donors (Lipinski definition) is 1. The molecule has 0 spiro atoms. The Hall–Kier alpha value is -2.32. The number of nitrogens with zero attached hydrogens (tertiary/aromatic N) is 1. The number of carbonyl (C=O) groups is 1. The molecule has 9 heteroatoms. The lowest BCUT2D eigenvalue weighted by molar-refractivity contribution is -0.870. The molecular weight excluding hydrogens is 794 g/mol. The molecule has 2 unspecified atom stereocenters. The van der Waals surface area contributed by atoms with Crippen molar-refractivity contribution in [3.05, 3.63) is 85.1 Å². The van der Waals surface area contributed by atoms with E-state index in [2.05, 4.69) is 98.9 Å². The molecular formula is C53H95NO7P+. The summed E-state index contributed by atoms with van der Waals surface area (Å²) in [6.07, 6.45) is 60.6. The van der Waals surface area contributed by atoms with Crippen molar-refractivity contribution < 1.29 is 37.3 Å². The molecule has 0 bridgehead atoms. The van der Waals surface area contributed by atoms with E-state index in [4.69, 9.17) is 18.5 Å². The number of esters is 1. The van der Waals surface area contributed by atoms with E-state index in [-0.39, 0.29) is 25.8 Å². The fourth-order valence-corrected chi connectivity index (χ4v) is 7.16. The minimum absolute atomic E-state index is 0.0767. The summed E-state index contributed by atoms with van der Waals surface area (Å²) in [6.45, 7) is 5.39. The number of rotatable bonds is 45. The van der Waals surface area contributed by atoms with Crippen LogP contribution in [0.3, 0.4) is 0 Å². The summed E-state index contributed by atoms with van der Waals surface area (Å²) >= 11 is 0. The Morgan fingerprint density at radius 2 is 0.935 bits per heavy atom. The lowest BCUT2D eigenvalue weighted by atomic mass is 10.0. The summed E-state index contributed by atoms with van der Waals surface area (Å²) in [4.78, 5) is 23.0. The zero-order valence-corrected chi connectivity index (χ0v) is 41.5. The molecule has 0 aliphatic heterocycles. The van der Waals surface area contributed by atoms with Crippen LogP contribution in [0.25, 0.3) is 0 Å². The van der Waals surface area contributed by atoms with Crippen LogP contribution < -0.4 is 0 Å². The monoisotopic (exact) mass is 889 g/mol. The number of unbranched alkanes of at least 4 members (excludes halogenated alkanes) is 17. The Morgan fingerprint density at radius 1 is 0.516 bits per heavy atom. The second-order valence-electron chi connectivity index (χ2n) is 17.5. The van der Waals surface area contributed by atoms with Crippen LogP contribution >= 0.6 is 7.82 Å². The van der Waals surface area contributed by atoms with Crippen LogP contribution in [0, 0.1) is 0 Å². The Labute approximate surface area is 382 Å². The van der Waals surface area contributed by atoms with Crippen LogP contribution in [0.15, 0.2) is 85.1 Å². The maximum Gasteiger partial charge on any atom is 0.472 e. The van der Waals surface area contributed by atoms with Crippen LogP contribution in [-0.2, 0) is 27.9 Å². The van der Waals surface area contributed by atoms with Crippen LogP contribution in [0.5, 0.6) is 0 Å². The second kappa shape index (κ2) is 45.3.